The molecule has 2 aliphatic carbocycles. The smallest absolute Gasteiger partial charge is 0.404 e. The molecular weight excluding hydrogens is 209 g/mol. The van der Waals surface area contributed by atoms with Gasteiger partial charge in [0.25, 0.3) is 0 Å². The van der Waals surface area contributed by atoms with Gasteiger partial charge in [0.15, 0.2) is 5.41 Å². The SMILES string of the molecule is O=C(O)C1(C(F)(F)F)CC2(CCCC2)C1. The number of hydrogen-bond acceptors (Lipinski definition) is 1. The Morgan fingerprint density at radius 1 is 1.13 bits per heavy atom. The third kappa shape index (κ3) is 1.35. The zero-order valence-corrected chi connectivity index (χ0v) is 8.23. The predicted molar refractivity (Wildman–Crippen MR) is 46.3 cm³/mol. The van der Waals surface area contributed by atoms with E-state index in [9.17, 15) is 18.0 Å². The number of carbonyl (C=O) groups is 1. The number of carboxylic acid groups (broad SMARTS) is 1. The third-order valence-electron chi connectivity index (χ3n) is 3.97. The summed E-state index contributed by atoms with van der Waals surface area (Å²) in [6.45, 7) is 0. The first-order valence-corrected chi connectivity index (χ1v) is 5.12. The van der Waals surface area contributed by atoms with Gasteiger partial charge in [-0.25, -0.2) is 0 Å². The Bertz CT molecular complexity index is 282. The van der Waals surface area contributed by atoms with Crippen LogP contribution in [0.2, 0.25) is 0 Å². The molecule has 0 radical (unpaired) electrons. The van der Waals surface area contributed by atoms with Crippen LogP contribution in [0.5, 0.6) is 0 Å². The standard InChI is InChI=1S/C10H13F3O2/c11-10(12,13)9(7(14)15)5-8(6-9)3-1-2-4-8/h1-6H2,(H,14,15). The van der Waals surface area contributed by atoms with Gasteiger partial charge in [0, 0.05) is 0 Å². The maximum Gasteiger partial charge on any atom is 0.404 e. The summed E-state index contributed by atoms with van der Waals surface area (Å²) in [5.41, 5.74) is -2.76. The van der Waals surface area contributed by atoms with Gasteiger partial charge >= 0.3 is 12.1 Å². The maximum atomic E-state index is 12.7. The molecule has 2 fully saturated rings. The van der Waals surface area contributed by atoms with Crippen molar-refractivity contribution in [3.05, 3.63) is 0 Å². The molecule has 0 aromatic rings. The second kappa shape index (κ2) is 2.89. The molecule has 0 aromatic carbocycles. The number of hydrogen-bond donors (Lipinski definition) is 1. The molecule has 0 aliphatic heterocycles. The van der Waals surface area contributed by atoms with Crippen LogP contribution in [-0.4, -0.2) is 17.3 Å². The van der Waals surface area contributed by atoms with Gasteiger partial charge in [-0.1, -0.05) is 12.8 Å². The molecule has 0 bridgehead atoms. The van der Waals surface area contributed by atoms with E-state index in [1.54, 1.807) is 0 Å². The molecule has 0 unspecified atom stereocenters. The summed E-state index contributed by atoms with van der Waals surface area (Å²) in [4.78, 5) is 10.8. The summed E-state index contributed by atoms with van der Waals surface area (Å²) in [5.74, 6) is -1.70. The summed E-state index contributed by atoms with van der Waals surface area (Å²) in [6.07, 6.45) is -1.62. The molecule has 2 nitrogen and oxygen atoms in total. The van der Waals surface area contributed by atoms with E-state index in [1.165, 1.54) is 0 Å². The van der Waals surface area contributed by atoms with Gasteiger partial charge in [-0.05, 0) is 31.1 Å². The van der Waals surface area contributed by atoms with Gasteiger partial charge in [0.2, 0.25) is 0 Å². The Labute approximate surface area is 85.5 Å². The molecule has 0 amide bonds. The van der Waals surface area contributed by atoms with Gasteiger partial charge in [-0.2, -0.15) is 13.2 Å². The van der Waals surface area contributed by atoms with E-state index < -0.39 is 17.6 Å². The minimum absolute atomic E-state index is 0.209. The molecule has 15 heavy (non-hydrogen) atoms. The average molecular weight is 222 g/mol. The fraction of sp³-hybridized carbons (Fsp3) is 0.900. The van der Waals surface area contributed by atoms with Gasteiger partial charge in [-0.3, -0.25) is 4.79 Å². The fourth-order valence-electron chi connectivity index (χ4n) is 3.18. The van der Waals surface area contributed by atoms with Gasteiger partial charge in [0.05, 0.1) is 0 Å². The van der Waals surface area contributed by atoms with Gasteiger partial charge in [0.1, 0.15) is 0 Å². The maximum absolute atomic E-state index is 12.7. The lowest BCUT2D eigenvalue weighted by Gasteiger charge is -2.52. The van der Waals surface area contributed by atoms with E-state index in [0.29, 0.717) is 0 Å². The number of halogens is 3. The number of aliphatic carboxylic acids is 1. The topological polar surface area (TPSA) is 37.3 Å². The van der Waals surface area contributed by atoms with Crippen molar-refractivity contribution in [3.8, 4) is 0 Å². The van der Waals surface area contributed by atoms with Crippen molar-refractivity contribution in [2.45, 2.75) is 44.7 Å². The summed E-state index contributed by atoms with van der Waals surface area (Å²) >= 11 is 0. The summed E-state index contributed by atoms with van der Waals surface area (Å²) in [5, 5.41) is 8.74. The van der Waals surface area contributed by atoms with E-state index in [0.717, 1.165) is 25.7 Å². The lowest BCUT2D eigenvalue weighted by molar-refractivity contribution is -0.278. The highest BCUT2D eigenvalue weighted by atomic mass is 19.4. The number of carboxylic acids is 1. The highest BCUT2D eigenvalue weighted by molar-refractivity contribution is 5.77. The van der Waals surface area contributed by atoms with Crippen LogP contribution in [0.15, 0.2) is 0 Å². The van der Waals surface area contributed by atoms with Crippen molar-refractivity contribution in [1.82, 2.24) is 0 Å². The Hall–Kier alpha value is -0.740. The predicted octanol–water partition coefficient (Wildman–Crippen LogP) is 2.97. The van der Waals surface area contributed by atoms with Crippen molar-refractivity contribution in [2.75, 3.05) is 0 Å². The Balaban J connectivity index is 2.18. The first kappa shape index (κ1) is 10.8. The van der Waals surface area contributed by atoms with E-state index in [-0.39, 0.29) is 18.3 Å². The molecule has 86 valence electrons. The average Bonchev–Trinajstić information content (AvgIpc) is 2.44. The lowest BCUT2D eigenvalue weighted by atomic mass is 9.51. The molecule has 0 atom stereocenters. The first-order valence-electron chi connectivity index (χ1n) is 5.12. The van der Waals surface area contributed by atoms with Crippen LogP contribution in [0.4, 0.5) is 13.2 Å². The normalized spacial score (nSPS) is 27.7. The molecule has 0 saturated heterocycles. The Morgan fingerprint density at radius 3 is 1.93 bits per heavy atom. The zero-order valence-electron chi connectivity index (χ0n) is 8.23. The number of rotatable bonds is 1. The lowest BCUT2D eigenvalue weighted by Crippen LogP contribution is -2.58. The molecule has 1 N–H and O–H groups in total. The van der Waals surface area contributed by atoms with Crippen LogP contribution in [0.3, 0.4) is 0 Å². The Morgan fingerprint density at radius 2 is 1.60 bits per heavy atom. The quantitative estimate of drug-likeness (QED) is 0.740. The molecule has 1 spiro atoms. The highest BCUT2D eigenvalue weighted by Gasteiger charge is 2.72. The van der Waals surface area contributed by atoms with Crippen molar-refractivity contribution in [2.24, 2.45) is 10.8 Å². The second-order valence-electron chi connectivity index (χ2n) is 4.95. The first-order chi connectivity index (χ1) is 6.81. The van der Waals surface area contributed by atoms with E-state index in [2.05, 4.69) is 0 Å². The fourth-order valence-corrected chi connectivity index (χ4v) is 3.18. The Kier molecular flexibility index (Phi) is 2.07. The summed E-state index contributed by atoms with van der Waals surface area (Å²) < 4.78 is 38.0. The minimum Gasteiger partial charge on any atom is -0.481 e. The largest absolute Gasteiger partial charge is 0.481 e. The summed E-state index contributed by atoms with van der Waals surface area (Å²) in [6, 6.07) is 0. The minimum atomic E-state index is -4.60. The third-order valence-corrected chi connectivity index (χ3v) is 3.97. The van der Waals surface area contributed by atoms with Crippen LogP contribution in [0, 0.1) is 10.8 Å². The monoisotopic (exact) mass is 222 g/mol. The van der Waals surface area contributed by atoms with Crippen LogP contribution in [0.25, 0.3) is 0 Å². The van der Waals surface area contributed by atoms with Crippen molar-refractivity contribution < 1.29 is 23.1 Å². The van der Waals surface area contributed by atoms with Crippen molar-refractivity contribution >= 4 is 5.97 Å². The second-order valence-corrected chi connectivity index (χ2v) is 4.95. The molecule has 0 heterocycles. The highest BCUT2D eigenvalue weighted by Crippen LogP contribution is 2.67. The molecular formula is C10H13F3O2. The van der Waals surface area contributed by atoms with Crippen molar-refractivity contribution in [1.29, 1.82) is 0 Å². The van der Waals surface area contributed by atoms with Crippen molar-refractivity contribution in [3.63, 3.8) is 0 Å². The number of alkyl halides is 3. The molecule has 2 saturated carbocycles. The molecule has 2 rings (SSSR count). The zero-order chi connectivity index (χ0) is 11.3. The molecule has 0 aromatic heterocycles. The van der Waals surface area contributed by atoms with E-state index in [4.69, 9.17) is 5.11 Å². The molecule has 2 aliphatic rings. The van der Waals surface area contributed by atoms with Crippen LogP contribution < -0.4 is 0 Å². The summed E-state index contributed by atoms with van der Waals surface area (Å²) in [7, 11) is 0. The van der Waals surface area contributed by atoms with Crippen LogP contribution in [-0.2, 0) is 4.79 Å². The van der Waals surface area contributed by atoms with E-state index in [1.807, 2.05) is 0 Å². The van der Waals surface area contributed by atoms with Gasteiger partial charge < -0.3 is 5.11 Å². The molecule has 5 heteroatoms. The van der Waals surface area contributed by atoms with Crippen LogP contribution >= 0.6 is 0 Å². The van der Waals surface area contributed by atoms with Gasteiger partial charge in [-0.15, -0.1) is 0 Å². The van der Waals surface area contributed by atoms with Crippen LogP contribution in [0.1, 0.15) is 38.5 Å². The van der Waals surface area contributed by atoms with E-state index >= 15 is 0 Å².